The van der Waals surface area contributed by atoms with E-state index in [9.17, 15) is 0 Å². The number of thiophene rings is 1. The van der Waals surface area contributed by atoms with Crippen LogP contribution in [0.5, 0.6) is 0 Å². The van der Waals surface area contributed by atoms with Gasteiger partial charge in [-0.1, -0.05) is 85.5 Å². The van der Waals surface area contributed by atoms with E-state index < -0.39 is 0 Å². The van der Waals surface area contributed by atoms with Crippen molar-refractivity contribution in [3.63, 3.8) is 0 Å². The maximum atomic E-state index is 8.13. The molecule has 0 saturated heterocycles. The van der Waals surface area contributed by atoms with Gasteiger partial charge in [-0.2, -0.15) is 0 Å². The lowest BCUT2D eigenvalue weighted by Crippen LogP contribution is -2.05. The van der Waals surface area contributed by atoms with Crippen LogP contribution in [0, 0.1) is 5.41 Å². The second-order valence-electron chi connectivity index (χ2n) is 11.5. The second kappa shape index (κ2) is 10.8. The van der Waals surface area contributed by atoms with Crippen molar-refractivity contribution in [2.45, 2.75) is 6.92 Å². The lowest BCUT2D eigenvalue weighted by Gasteiger charge is -2.09. The summed E-state index contributed by atoms with van der Waals surface area (Å²) in [4.78, 5) is 0. The number of nitrogen functional groups attached to an aromatic ring is 1. The summed E-state index contributed by atoms with van der Waals surface area (Å²) in [6, 6.07) is 35.4. The normalized spacial score (nSPS) is 11.9. The Morgan fingerprint density at radius 2 is 1.43 bits per heavy atom. The third-order valence-electron chi connectivity index (χ3n) is 8.97. The van der Waals surface area contributed by atoms with E-state index in [2.05, 4.69) is 97.9 Å². The molecule has 222 valence electrons. The largest absolute Gasteiger partial charge is 0.456 e. The minimum absolute atomic E-state index is 0.426. The molecule has 0 aliphatic heterocycles. The third-order valence-corrected chi connectivity index (χ3v) is 10.1. The lowest BCUT2D eigenvalue weighted by molar-refractivity contribution is 0.659. The van der Waals surface area contributed by atoms with Crippen molar-refractivity contribution < 1.29 is 4.42 Å². The number of hydrogen-bond donors (Lipinski definition) is 2. The van der Waals surface area contributed by atoms with E-state index in [-0.39, 0.29) is 0 Å². The van der Waals surface area contributed by atoms with E-state index in [4.69, 9.17) is 15.6 Å². The van der Waals surface area contributed by atoms with Crippen LogP contribution in [0.15, 0.2) is 120 Å². The molecule has 9 aromatic rings. The quantitative estimate of drug-likeness (QED) is 0.116. The molecule has 3 aromatic heterocycles. The number of nitrogens with two attached hydrogens (primary N) is 1. The molecule has 3 heterocycles. The minimum atomic E-state index is 0.426. The molecule has 46 heavy (non-hydrogen) atoms. The van der Waals surface area contributed by atoms with Gasteiger partial charge in [0.2, 0.25) is 0 Å². The molecule has 0 amide bonds. The van der Waals surface area contributed by atoms with Crippen molar-refractivity contribution in [1.29, 1.82) is 5.41 Å². The smallest absolute Gasteiger partial charge is 0.138 e. The Morgan fingerprint density at radius 1 is 0.717 bits per heavy atom. The van der Waals surface area contributed by atoms with E-state index in [1.165, 1.54) is 58.2 Å². The van der Waals surface area contributed by atoms with Gasteiger partial charge in [0.1, 0.15) is 11.2 Å². The number of nitrogens with zero attached hydrogens (tertiary/aromatic N) is 1. The average Bonchev–Trinajstić information content (AvgIpc) is 3.59. The molecule has 0 radical (unpaired) electrons. The molecule has 0 saturated carbocycles. The average molecular weight is 614 g/mol. The number of fused-ring (bicyclic) bond motifs is 11. The number of anilines is 1. The van der Waals surface area contributed by atoms with Gasteiger partial charge in [-0.15, -0.1) is 11.3 Å². The fourth-order valence-electron chi connectivity index (χ4n) is 6.95. The zero-order valence-corrected chi connectivity index (χ0v) is 26.4. The summed E-state index contributed by atoms with van der Waals surface area (Å²) in [5.41, 5.74) is 11.5. The zero-order valence-electron chi connectivity index (χ0n) is 25.6. The maximum absolute atomic E-state index is 8.13. The van der Waals surface area contributed by atoms with E-state index >= 15 is 0 Å². The number of benzene rings is 6. The standard InChI is InChI=1S/C28H21NS.C13H10N2O/c1-4-8-18-20-15-14-19-21(28(20)29(3)23(18)5-2)13-11-17-12-16-25-27(26(17)19)22-9-6-7-10-24(22)30-25;14-9-5-3-7-11-12(9)13(15)8-4-1-2-6-10(8)16-11/h4-16H,2H2,1,3H3;1-7,15H,14H2/b8-4-;. The summed E-state index contributed by atoms with van der Waals surface area (Å²) in [6.07, 6.45) is 6.26. The van der Waals surface area contributed by atoms with Gasteiger partial charge in [0, 0.05) is 60.3 Å². The molecule has 0 spiro atoms. The van der Waals surface area contributed by atoms with E-state index in [0.717, 1.165) is 11.1 Å². The van der Waals surface area contributed by atoms with Crippen molar-refractivity contribution in [2.75, 3.05) is 5.73 Å². The molecular weight excluding hydrogens is 583 g/mol. The molecule has 0 fully saturated rings. The van der Waals surface area contributed by atoms with Gasteiger partial charge in [0.05, 0.1) is 16.3 Å². The maximum Gasteiger partial charge on any atom is 0.138 e. The van der Waals surface area contributed by atoms with Crippen LogP contribution in [-0.4, -0.2) is 4.57 Å². The third kappa shape index (κ3) is 4.09. The van der Waals surface area contributed by atoms with Gasteiger partial charge in [0.25, 0.3) is 0 Å². The van der Waals surface area contributed by atoms with Crippen LogP contribution in [0.25, 0.3) is 86.7 Å². The number of aryl methyl sites for hydroxylation is 1. The van der Waals surface area contributed by atoms with Crippen LogP contribution in [0.2, 0.25) is 0 Å². The summed E-state index contributed by atoms with van der Waals surface area (Å²) >= 11 is 1.88. The molecule has 0 aliphatic carbocycles. The number of allylic oxidation sites excluding steroid dienone is 1. The molecule has 0 atom stereocenters. The van der Waals surface area contributed by atoms with Crippen molar-refractivity contribution in [2.24, 2.45) is 7.05 Å². The number of para-hydroxylation sites is 1. The molecule has 3 N–H and O–H groups in total. The second-order valence-corrected chi connectivity index (χ2v) is 12.6. The van der Waals surface area contributed by atoms with Gasteiger partial charge in [-0.25, -0.2) is 0 Å². The highest BCUT2D eigenvalue weighted by Crippen LogP contribution is 2.43. The molecule has 5 heteroatoms. The Balaban J connectivity index is 0.000000164. The highest BCUT2D eigenvalue weighted by atomic mass is 32.1. The fourth-order valence-corrected chi connectivity index (χ4v) is 8.07. The first-order valence-corrected chi connectivity index (χ1v) is 16.1. The van der Waals surface area contributed by atoms with Gasteiger partial charge in [-0.05, 0) is 65.6 Å². The van der Waals surface area contributed by atoms with Gasteiger partial charge >= 0.3 is 0 Å². The molecule has 0 aliphatic rings. The molecule has 6 aromatic carbocycles. The molecule has 0 bridgehead atoms. The molecule has 9 rings (SSSR count). The highest BCUT2D eigenvalue weighted by Gasteiger charge is 2.17. The highest BCUT2D eigenvalue weighted by molar-refractivity contribution is 7.26. The van der Waals surface area contributed by atoms with Crippen molar-refractivity contribution in [1.82, 2.24) is 4.57 Å². The van der Waals surface area contributed by atoms with Crippen molar-refractivity contribution >= 4 is 104 Å². The Hall–Kier alpha value is -5.65. The van der Waals surface area contributed by atoms with Crippen LogP contribution in [0.4, 0.5) is 5.69 Å². The fraction of sp³-hybridized carbons (Fsp3) is 0.0488. The van der Waals surface area contributed by atoms with Gasteiger partial charge < -0.3 is 14.7 Å². The van der Waals surface area contributed by atoms with Gasteiger partial charge in [0.15, 0.2) is 0 Å². The number of rotatable bonds is 2. The topological polar surface area (TPSA) is 67.9 Å². The molecular formula is C41H31N3OS. The van der Waals surface area contributed by atoms with Crippen LogP contribution >= 0.6 is 11.3 Å². The first-order valence-electron chi connectivity index (χ1n) is 15.3. The summed E-state index contributed by atoms with van der Waals surface area (Å²) in [7, 11) is 2.15. The monoisotopic (exact) mass is 613 g/mol. The summed E-state index contributed by atoms with van der Waals surface area (Å²) < 4.78 is 10.7. The predicted molar refractivity (Wildman–Crippen MR) is 200 cm³/mol. The van der Waals surface area contributed by atoms with Crippen LogP contribution in [-0.2, 0) is 7.05 Å². The summed E-state index contributed by atoms with van der Waals surface area (Å²) in [5, 5.41) is 19.3. The molecule has 4 nitrogen and oxygen atoms in total. The zero-order chi connectivity index (χ0) is 31.5. The SMILES string of the molecule is C=Cc1c(/C=C\C)c2ccc3c(ccc4ccc5sc6ccccc6c5c43)c2n1C.N=c1c2ccccc2oc2cccc(N)c12. The minimum Gasteiger partial charge on any atom is -0.456 e. The number of aromatic nitrogens is 1. The van der Waals surface area contributed by atoms with Crippen LogP contribution < -0.4 is 11.1 Å². The van der Waals surface area contributed by atoms with E-state index in [0.29, 0.717) is 27.6 Å². The first kappa shape index (κ1) is 27.9. The van der Waals surface area contributed by atoms with Gasteiger partial charge in [-0.3, -0.25) is 5.41 Å². The number of hydrogen-bond acceptors (Lipinski definition) is 4. The summed E-state index contributed by atoms with van der Waals surface area (Å²) in [6.45, 7) is 6.14. The lowest BCUT2D eigenvalue weighted by atomic mass is 9.96. The van der Waals surface area contributed by atoms with Crippen LogP contribution in [0.1, 0.15) is 18.2 Å². The Kier molecular flexibility index (Phi) is 6.52. The number of nitrogens with one attached hydrogen (secondary N) is 1. The van der Waals surface area contributed by atoms with E-state index in [1.807, 2.05) is 53.8 Å². The Labute approximate surface area is 269 Å². The van der Waals surface area contributed by atoms with Crippen LogP contribution in [0.3, 0.4) is 0 Å². The Bertz CT molecular complexity index is 2780. The predicted octanol–water partition coefficient (Wildman–Crippen LogP) is 11.2. The van der Waals surface area contributed by atoms with Crippen molar-refractivity contribution in [3.05, 3.63) is 132 Å². The molecule has 0 unspecified atom stereocenters. The first-order chi connectivity index (χ1) is 22.5. The summed E-state index contributed by atoms with van der Waals surface area (Å²) in [5.74, 6) is 0. The van der Waals surface area contributed by atoms with E-state index in [1.54, 1.807) is 6.07 Å². The van der Waals surface area contributed by atoms with Crippen molar-refractivity contribution in [3.8, 4) is 0 Å². The Morgan fingerprint density at radius 3 is 2.26 bits per heavy atom.